The summed E-state index contributed by atoms with van der Waals surface area (Å²) in [6, 6.07) is 11.7. The van der Waals surface area contributed by atoms with E-state index in [1.54, 1.807) is 25.1 Å². The van der Waals surface area contributed by atoms with Crippen LogP contribution in [0.15, 0.2) is 53.4 Å². The Bertz CT molecular complexity index is 787. The van der Waals surface area contributed by atoms with Crippen molar-refractivity contribution in [1.82, 2.24) is 0 Å². The summed E-state index contributed by atoms with van der Waals surface area (Å²) in [6.07, 6.45) is 0.450. The standard InChI is InChI=1S/C16H16FNO3S/c1-2-11-22(20,21)15-10-6-3-7-12(15)16(19)18-14-9-5-4-8-13(14)17/h3-10H,2,11H2,1H3,(H,18,19). The van der Waals surface area contributed by atoms with Crippen molar-refractivity contribution < 1.29 is 17.6 Å². The molecule has 0 aliphatic carbocycles. The van der Waals surface area contributed by atoms with Gasteiger partial charge in [0.2, 0.25) is 0 Å². The first-order valence-electron chi connectivity index (χ1n) is 6.83. The number of sulfone groups is 1. The number of halogens is 1. The highest BCUT2D eigenvalue weighted by atomic mass is 32.2. The van der Waals surface area contributed by atoms with Crippen LogP contribution in [0.4, 0.5) is 10.1 Å². The normalized spacial score (nSPS) is 11.2. The zero-order valence-corrected chi connectivity index (χ0v) is 12.9. The lowest BCUT2D eigenvalue weighted by molar-refractivity contribution is 0.102. The van der Waals surface area contributed by atoms with Crippen molar-refractivity contribution in [2.45, 2.75) is 18.2 Å². The molecular formula is C16H16FNO3S. The van der Waals surface area contributed by atoms with Gasteiger partial charge in [0.25, 0.3) is 5.91 Å². The molecule has 0 bridgehead atoms. The van der Waals surface area contributed by atoms with Gasteiger partial charge in [0.15, 0.2) is 9.84 Å². The predicted molar refractivity (Wildman–Crippen MR) is 83.1 cm³/mol. The molecule has 0 aliphatic rings. The van der Waals surface area contributed by atoms with Gasteiger partial charge in [-0.15, -0.1) is 0 Å². The van der Waals surface area contributed by atoms with Crippen LogP contribution in [0.25, 0.3) is 0 Å². The molecule has 4 nitrogen and oxygen atoms in total. The van der Waals surface area contributed by atoms with Gasteiger partial charge >= 0.3 is 0 Å². The van der Waals surface area contributed by atoms with Crippen molar-refractivity contribution in [2.24, 2.45) is 0 Å². The average Bonchev–Trinajstić information content (AvgIpc) is 2.49. The minimum Gasteiger partial charge on any atom is -0.319 e. The van der Waals surface area contributed by atoms with Crippen molar-refractivity contribution in [1.29, 1.82) is 0 Å². The number of hydrogen-bond acceptors (Lipinski definition) is 3. The van der Waals surface area contributed by atoms with Gasteiger partial charge in [-0.05, 0) is 30.7 Å². The van der Waals surface area contributed by atoms with Crippen molar-refractivity contribution >= 4 is 21.4 Å². The molecule has 1 amide bonds. The van der Waals surface area contributed by atoms with Gasteiger partial charge in [0.1, 0.15) is 5.82 Å². The van der Waals surface area contributed by atoms with E-state index in [-0.39, 0.29) is 21.9 Å². The van der Waals surface area contributed by atoms with Crippen LogP contribution in [-0.2, 0) is 9.84 Å². The number of benzene rings is 2. The molecule has 0 atom stereocenters. The molecule has 0 saturated heterocycles. The molecule has 1 N–H and O–H groups in total. The fraction of sp³-hybridized carbons (Fsp3) is 0.188. The third-order valence-corrected chi connectivity index (χ3v) is 5.03. The monoisotopic (exact) mass is 321 g/mol. The lowest BCUT2D eigenvalue weighted by Crippen LogP contribution is -2.18. The summed E-state index contributed by atoms with van der Waals surface area (Å²) in [6.45, 7) is 1.75. The molecule has 116 valence electrons. The maximum atomic E-state index is 13.6. The number of carbonyl (C=O) groups excluding carboxylic acids is 1. The van der Waals surface area contributed by atoms with E-state index < -0.39 is 21.6 Å². The molecule has 0 radical (unpaired) electrons. The highest BCUT2D eigenvalue weighted by Crippen LogP contribution is 2.20. The molecule has 0 heterocycles. The SMILES string of the molecule is CCCS(=O)(=O)c1ccccc1C(=O)Nc1ccccc1F. The molecule has 0 fully saturated rings. The van der Waals surface area contributed by atoms with Crippen LogP contribution >= 0.6 is 0 Å². The van der Waals surface area contributed by atoms with Gasteiger partial charge < -0.3 is 5.32 Å². The Balaban J connectivity index is 2.37. The molecule has 0 aromatic heterocycles. The van der Waals surface area contributed by atoms with E-state index in [4.69, 9.17) is 0 Å². The summed E-state index contributed by atoms with van der Waals surface area (Å²) in [5, 5.41) is 2.40. The topological polar surface area (TPSA) is 63.2 Å². The van der Waals surface area contributed by atoms with E-state index in [0.717, 1.165) is 0 Å². The number of nitrogens with one attached hydrogen (secondary N) is 1. The largest absolute Gasteiger partial charge is 0.319 e. The smallest absolute Gasteiger partial charge is 0.257 e. The van der Waals surface area contributed by atoms with Crippen LogP contribution in [0.2, 0.25) is 0 Å². The van der Waals surface area contributed by atoms with Crippen molar-refractivity contribution in [3.05, 3.63) is 59.9 Å². The fourth-order valence-electron chi connectivity index (χ4n) is 2.06. The Labute approximate surface area is 128 Å². The average molecular weight is 321 g/mol. The molecule has 2 rings (SSSR count). The third kappa shape index (κ3) is 3.51. The fourth-order valence-corrected chi connectivity index (χ4v) is 3.60. The number of rotatable bonds is 5. The maximum Gasteiger partial charge on any atom is 0.257 e. The summed E-state index contributed by atoms with van der Waals surface area (Å²) >= 11 is 0. The highest BCUT2D eigenvalue weighted by molar-refractivity contribution is 7.91. The van der Waals surface area contributed by atoms with Crippen LogP contribution in [0.1, 0.15) is 23.7 Å². The number of para-hydroxylation sites is 1. The van der Waals surface area contributed by atoms with Crippen LogP contribution in [0.3, 0.4) is 0 Å². The summed E-state index contributed by atoms with van der Waals surface area (Å²) in [4.78, 5) is 12.3. The number of hydrogen-bond donors (Lipinski definition) is 1. The van der Waals surface area contributed by atoms with E-state index in [1.165, 1.54) is 30.3 Å². The Morgan fingerprint density at radius 3 is 2.41 bits per heavy atom. The second kappa shape index (κ2) is 6.70. The van der Waals surface area contributed by atoms with E-state index in [1.807, 2.05) is 0 Å². The summed E-state index contributed by atoms with van der Waals surface area (Å²) in [7, 11) is -3.54. The van der Waals surface area contributed by atoms with Gasteiger partial charge in [0, 0.05) is 0 Å². The molecule has 22 heavy (non-hydrogen) atoms. The molecule has 0 unspecified atom stereocenters. The molecular weight excluding hydrogens is 305 g/mol. The Morgan fingerprint density at radius 1 is 1.09 bits per heavy atom. The predicted octanol–water partition coefficient (Wildman–Crippen LogP) is 3.26. The van der Waals surface area contributed by atoms with Gasteiger partial charge in [-0.3, -0.25) is 4.79 Å². The van der Waals surface area contributed by atoms with Gasteiger partial charge in [-0.25, -0.2) is 12.8 Å². The lowest BCUT2D eigenvalue weighted by Gasteiger charge is -2.11. The van der Waals surface area contributed by atoms with Crippen LogP contribution in [0.5, 0.6) is 0 Å². The second-order valence-electron chi connectivity index (χ2n) is 4.75. The summed E-state index contributed by atoms with van der Waals surface area (Å²) in [5.74, 6) is -1.28. The quantitative estimate of drug-likeness (QED) is 0.919. The highest BCUT2D eigenvalue weighted by Gasteiger charge is 2.21. The van der Waals surface area contributed by atoms with Crippen LogP contribution < -0.4 is 5.32 Å². The summed E-state index contributed by atoms with van der Waals surface area (Å²) in [5.41, 5.74) is 0.0226. The second-order valence-corrected chi connectivity index (χ2v) is 6.83. The van der Waals surface area contributed by atoms with E-state index >= 15 is 0 Å². The Morgan fingerprint density at radius 2 is 1.73 bits per heavy atom. The molecule has 0 aliphatic heterocycles. The lowest BCUT2D eigenvalue weighted by atomic mass is 10.2. The van der Waals surface area contributed by atoms with Gasteiger partial charge in [0.05, 0.1) is 21.9 Å². The molecule has 2 aromatic carbocycles. The summed E-state index contributed by atoms with van der Waals surface area (Å²) < 4.78 is 38.0. The zero-order valence-electron chi connectivity index (χ0n) is 12.0. The number of anilines is 1. The third-order valence-electron chi connectivity index (χ3n) is 3.06. The molecule has 6 heteroatoms. The maximum absolute atomic E-state index is 13.6. The van der Waals surface area contributed by atoms with Crippen LogP contribution in [0, 0.1) is 5.82 Å². The zero-order chi connectivity index (χ0) is 16.2. The van der Waals surface area contributed by atoms with Crippen molar-refractivity contribution in [3.8, 4) is 0 Å². The molecule has 2 aromatic rings. The minimum atomic E-state index is -3.54. The number of amides is 1. The van der Waals surface area contributed by atoms with Gasteiger partial charge in [-0.2, -0.15) is 0 Å². The number of carbonyl (C=O) groups is 1. The van der Waals surface area contributed by atoms with E-state index in [0.29, 0.717) is 6.42 Å². The molecule has 0 saturated carbocycles. The Kier molecular flexibility index (Phi) is 4.92. The first-order chi connectivity index (χ1) is 10.5. The minimum absolute atomic E-state index is 0.00944. The van der Waals surface area contributed by atoms with E-state index in [9.17, 15) is 17.6 Å². The van der Waals surface area contributed by atoms with E-state index in [2.05, 4.69) is 5.32 Å². The Hall–Kier alpha value is -2.21. The first kappa shape index (κ1) is 16.2. The van der Waals surface area contributed by atoms with Crippen molar-refractivity contribution in [2.75, 3.05) is 11.1 Å². The first-order valence-corrected chi connectivity index (χ1v) is 8.48. The van der Waals surface area contributed by atoms with Gasteiger partial charge in [-0.1, -0.05) is 31.2 Å². The van der Waals surface area contributed by atoms with Crippen molar-refractivity contribution in [3.63, 3.8) is 0 Å². The van der Waals surface area contributed by atoms with Crippen LogP contribution in [-0.4, -0.2) is 20.1 Å². The molecule has 0 spiro atoms.